The number of nitrogens with zero attached hydrogens (tertiary/aromatic N) is 1. The number of aliphatic imine (C=N–C) groups is 1. The van der Waals surface area contributed by atoms with Crippen LogP contribution in [0.1, 0.15) is 13.8 Å². The number of thioether (sulfide) groups is 1. The van der Waals surface area contributed by atoms with Crippen LogP contribution in [-0.4, -0.2) is 17.0 Å². The Morgan fingerprint density at radius 2 is 2.31 bits per heavy atom. The summed E-state index contributed by atoms with van der Waals surface area (Å²) in [6.45, 7) is 4.45. The van der Waals surface area contributed by atoms with Crippen LogP contribution in [0.4, 0.5) is 5.69 Å². The highest BCUT2D eigenvalue weighted by molar-refractivity contribution is 14.1. The largest absolute Gasteiger partial charge is 0.335 e. The lowest BCUT2D eigenvalue weighted by Gasteiger charge is -2.08. The molecule has 1 atom stereocenters. The van der Waals surface area contributed by atoms with Crippen LogP contribution in [0.3, 0.4) is 0 Å². The zero-order valence-electron chi connectivity index (χ0n) is 9.40. The number of benzene rings is 1. The van der Waals surface area contributed by atoms with E-state index in [0.29, 0.717) is 12.0 Å². The number of hydrogen-bond donors (Lipinski definition) is 1. The van der Waals surface area contributed by atoms with Crippen molar-refractivity contribution >= 4 is 45.2 Å². The minimum Gasteiger partial charge on any atom is -0.335 e. The van der Waals surface area contributed by atoms with Crippen molar-refractivity contribution in [1.82, 2.24) is 0 Å². The lowest BCUT2D eigenvalue weighted by molar-refractivity contribution is 0.543. The van der Waals surface area contributed by atoms with Crippen molar-refractivity contribution in [2.24, 2.45) is 10.9 Å². The third-order valence-corrected chi connectivity index (χ3v) is 4.18. The van der Waals surface area contributed by atoms with Crippen LogP contribution in [-0.2, 0) is 0 Å². The molecule has 0 spiro atoms. The minimum atomic E-state index is 0.468. The molecule has 0 bridgehead atoms. The smallest absolute Gasteiger partial charge is 0.161 e. The van der Waals surface area contributed by atoms with Gasteiger partial charge < -0.3 is 5.32 Å². The lowest BCUT2D eigenvalue weighted by Crippen LogP contribution is -2.12. The Kier molecular flexibility index (Phi) is 4.13. The standard InChI is InChI=1S/C12H15IN2S/c1-8(2)11-7-16-12(15-11)14-10-5-3-4-9(13)6-10/h3-6,8,11H,7H2,1-2H3,(H,14,15)/t11-/m1/s1. The predicted octanol–water partition coefficient (Wildman–Crippen LogP) is 3.83. The average Bonchev–Trinajstić information content (AvgIpc) is 2.66. The van der Waals surface area contributed by atoms with E-state index in [1.807, 2.05) is 11.8 Å². The summed E-state index contributed by atoms with van der Waals surface area (Å²) in [6.07, 6.45) is 0. The Bertz CT molecular complexity index is 404. The van der Waals surface area contributed by atoms with Crippen LogP contribution < -0.4 is 5.32 Å². The van der Waals surface area contributed by atoms with Gasteiger partial charge in [-0.05, 0) is 46.7 Å². The van der Waals surface area contributed by atoms with Gasteiger partial charge in [0.15, 0.2) is 5.17 Å². The minimum absolute atomic E-state index is 0.468. The summed E-state index contributed by atoms with van der Waals surface area (Å²) in [7, 11) is 0. The van der Waals surface area contributed by atoms with Gasteiger partial charge in [0, 0.05) is 15.0 Å². The second kappa shape index (κ2) is 5.40. The molecule has 2 nitrogen and oxygen atoms in total. The second-order valence-corrected chi connectivity index (χ2v) is 6.45. The Labute approximate surface area is 114 Å². The Morgan fingerprint density at radius 1 is 1.50 bits per heavy atom. The summed E-state index contributed by atoms with van der Waals surface area (Å²) in [5.74, 6) is 1.73. The summed E-state index contributed by atoms with van der Waals surface area (Å²) < 4.78 is 1.24. The maximum absolute atomic E-state index is 4.68. The number of amidine groups is 1. The average molecular weight is 346 g/mol. The molecule has 1 aromatic rings. The lowest BCUT2D eigenvalue weighted by atomic mass is 10.1. The molecule has 0 saturated carbocycles. The molecule has 0 saturated heterocycles. The summed E-state index contributed by atoms with van der Waals surface area (Å²) in [6, 6.07) is 8.83. The summed E-state index contributed by atoms with van der Waals surface area (Å²) in [5, 5.41) is 4.43. The highest BCUT2D eigenvalue weighted by Crippen LogP contribution is 2.24. The molecule has 2 rings (SSSR count). The fraction of sp³-hybridized carbons (Fsp3) is 0.417. The normalized spacial score (nSPS) is 20.0. The van der Waals surface area contributed by atoms with Crippen molar-refractivity contribution in [2.45, 2.75) is 19.9 Å². The molecule has 4 heteroatoms. The molecule has 16 heavy (non-hydrogen) atoms. The van der Waals surface area contributed by atoms with Gasteiger partial charge in [0.25, 0.3) is 0 Å². The Hall–Kier alpha value is -0.230. The zero-order valence-corrected chi connectivity index (χ0v) is 12.4. The van der Waals surface area contributed by atoms with E-state index in [1.54, 1.807) is 0 Å². The molecule has 1 aliphatic rings. The molecular weight excluding hydrogens is 331 g/mol. The number of halogens is 1. The van der Waals surface area contributed by atoms with E-state index in [9.17, 15) is 0 Å². The summed E-state index contributed by atoms with van der Waals surface area (Å²) in [4.78, 5) is 4.68. The fourth-order valence-corrected chi connectivity index (χ4v) is 3.22. The quantitative estimate of drug-likeness (QED) is 0.823. The van der Waals surface area contributed by atoms with E-state index >= 15 is 0 Å². The first-order chi connectivity index (χ1) is 7.65. The number of rotatable bonds is 2. The SMILES string of the molecule is CC(C)[C@H]1CSC(Nc2cccc(I)c2)=N1. The zero-order chi connectivity index (χ0) is 11.5. The van der Waals surface area contributed by atoms with E-state index in [0.717, 1.165) is 16.6 Å². The summed E-state index contributed by atoms with van der Waals surface area (Å²) in [5.41, 5.74) is 1.13. The monoisotopic (exact) mass is 346 g/mol. The Morgan fingerprint density at radius 3 is 2.94 bits per heavy atom. The van der Waals surface area contributed by atoms with Crippen LogP contribution >= 0.6 is 34.4 Å². The van der Waals surface area contributed by atoms with Gasteiger partial charge in [-0.1, -0.05) is 31.7 Å². The van der Waals surface area contributed by atoms with Gasteiger partial charge in [0.2, 0.25) is 0 Å². The third-order valence-electron chi connectivity index (χ3n) is 2.52. The molecule has 0 unspecified atom stereocenters. The predicted molar refractivity (Wildman–Crippen MR) is 81.3 cm³/mol. The van der Waals surface area contributed by atoms with Crippen LogP contribution in [0, 0.1) is 9.49 Å². The summed E-state index contributed by atoms with van der Waals surface area (Å²) >= 11 is 4.14. The van der Waals surface area contributed by atoms with Gasteiger partial charge in [-0.25, -0.2) is 0 Å². The van der Waals surface area contributed by atoms with Crippen molar-refractivity contribution in [3.8, 4) is 0 Å². The molecule has 86 valence electrons. The maximum atomic E-state index is 4.68. The first-order valence-corrected chi connectivity index (χ1v) is 7.45. The first-order valence-electron chi connectivity index (χ1n) is 5.38. The molecule has 0 radical (unpaired) electrons. The maximum Gasteiger partial charge on any atom is 0.161 e. The molecule has 0 amide bonds. The van der Waals surface area contributed by atoms with Crippen LogP contribution in [0.5, 0.6) is 0 Å². The third kappa shape index (κ3) is 3.13. The molecule has 0 aromatic heterocycles. The fourth-order valence-electron chi connectivity index (χ4n) is 1.49. The van der Waals surface area contributed by atoms with Crippen molar-refractivity contribution < 1.29 is 0 Å². The van der Waals surface area contributed by atoms with Gasteiger partial charge in [-0.15, -0.1) is 0 Å². The van der Waals surface area contributed by atoms with Gasteiger partial charge in [0.05, 0.1) is 6.04 Å². The molecule has 1 heterocycles. The van der Waals surface area contributed by atoms with Crippen LogP contribution in [0.2, 0.25) is 0 Å². The molecule has 1 aliphatic heterocycles. The van der Waals surface area contributed by atoms with Crippen molar-refractivity contribution in [3.05, 3.63) is 27.8 Å². The molecule has 1 aromatic carbocycles. The highest BCUT2D eigenvalue weighted by Gasteiger charge is 2.20. The van der Waals surface area contributed by atoms with Gasteiger partial charge in [-0.2, -0.15) is 0 Å². The molecule has 1 N–H and O–H groups in total. The van der Waals surface area contributed by atoms with Crippen molar-refractivity contribution in [3.63, 3.8) is 0 Å². The van der Waals surface area contributed by atoms with Gasteiger partial charge in [-0.3, -0.25) is 4.99 Å². The topological polar surface area (TPSA) is 24.4 Å². The van der Waals surface area contributed by atoms with E-state index in [-0.39, 0.29) is 0 Å². The van der Waals surface area contributed by atoms with E-state index < -0.39 is 0 Å². The Balaban J connectivity index is 2.03. The van der Waals surface area contributed by atoms with Crippen LogP contribution in [0.15, 0.2) is 29.3 Å². The van der Waals surface area contributed by atoms with Crippen molar-refractivity contribution in [1.29, 1.82) is 0 Å². The number of hydrogen-bond acceptors (Lipinski definition) is 3. The number of nitrogens with one attached hydrogen (secondary N) is 1. The van der Waals surface area contributed by atoms with E-state index in [1.165, 1.54) is 3.57 Å². The molecule has 0 aliphatic carbocycles. The second-order valence-electron chi connectivity index (χ2n) is 4.19. The van der Waals surface area contributed by atoms with E-state index in [4.69, 9.17) is 0 Å². The molecular formula is C12H15IN2S. The van der Waals surface area contributed by atoms with Gasteiger partial charge in [0.1, 0.15) is 0 Å². The van der Waals surface area contributed by atoms with Crippen LogP contribution in [0.25, 0.3) is 0 Å². The van der Waals surface area contributed by atoms with E-state index in [2.05, 4.69) is 71.0 Å². The first kappa shape index (κ1) is 12.2. The van der Waals surface area contributed by atoms with Gasteiger partial charge >= 0.3 is 0 Å². The molecule has 0 fully saturated rings. The highest BCUT2D eigenvalue weighted by atomic mass is 127. The van der Waals surface area contributed by atoms with Crippen molar-refractivity contribution in [2.75, 3.05) is 11.1 Å². The number of anilines is 1.